The highest BCUT2D eigenvalue weighted by Gasteiger charge is 2.37. The van der Waals surface area contributed by atoms with Crippen molar-refractivity contribution < 1.29 is 27.5 Å². The summed E-state index contributed by atoms with van der Waals surface area (Å²) in [4.78, 5) is 36.4. The van der Waals surface area contributed by atoms with Gasteiger partial charge in [0.15, 0.2) is 16.4 Å². The number of hydrogen-bond acceptors (Lipinski definition) is 7. The van der Waals surface area contributed by atoms with Gasteiger partial charge >= 0.3 is 0 Å². The summed E-state index contributed by atoms with van der Waals surface area (Å²) in [6, 6.07) is 5.06. The summed E-state index contributed by atoms with van der Waals surface area (Å²) >= 11 is 0. The summed E-state index contributed by atoms with van der Waals surface area (Å²) < 4.78 is 28.9. The molecule has 1 saturated heterocycles. The van der Waals surface area contributed by atoms with Crippen molar-refractivity contribution >= 4 is 33.3 Å². The first-order chi connectivity index (χ1) is 14.2. The van der Waals surface area contributed by atoms with Crippen LogP contribution in [0, 0.1) is 13.8 Å². The Morgan fingerprint density at radius 3 is 2.53 bits per heavy atom. The molecule has 0 unspecified atom stereocenters. The van der Waals surface area contributed by atoms with E-state index in [4.69, 9.17) is 4.74 Å². The number of nitrogens with one attached hydrogen (secondary N) is 2. The first kappa shape index (κ1) is 21.8. The van der Waals surface area contributed by atoms with Crippen LogP contribution in [0.1, 0.15) is 30.4 Å². The number of hydrazone groups is 1. The van der Waals surface area contributed by atoms with Gasteiger partial charge in [0.1, 0.15) is 11.5 Å². The SMILES string of the molecule is Cc1cccc(C)c1OCC(=O)NNC(=O)C1=NN([C@H]2CCS(=O)(=O)C2)C(=O)CC1. The van der Waals surface area contributed by atoms with Crippen LogP contribution in [0.4, 0.5) is 0 Å². The zero-order valence-corrected chi connectivity index (χ0v) is 17.6. The molecule has 1 fully saturated rings. The van der Waals surface area contributed by atoms with Crippen molar-refractivity contribution in [3.05, 3.63) is 29.3 Å². The van der Waals surface area contributed by atoms with Crippen LogP contribution >= 0.6 is 0 Å². The lowest BCUT2D eigenvalue weighted by Gasteiger charge is -2.27. The second-order valence-electron chi connectivity index (χ2n) is 7.35. The molecule has 10 nitrogen and oxygen atoms in total. The third-order valence-electron chi connectivity index (χ3n) is 4.95. The number of hydrazine groups is 1. The molecule has 0 aromatic heterocycles. The van der Waals surface area contributed by atoms with Crippen molar-refractivity contribution in [3.8, 4) is 5.75 Å². The molecule has 11 heteroatoms. The van der Waals surface area contributed by atoms with E-state index in [1.807, 2.05) is 32.0 Å². The number of benzene rings is 1. The minimum Gasteiger partial charge on any atom is -0.483 e. The Morgan fingerprint density at radius 1 is 1.20 bits per heavy atom. The maximum atomic E-state index is 12.3. The molecule has 1 aromatic carbocycles. The number of hydrogen-bond donors (Lipinski definition) is 2. The predicted molar refractivity (Wildman–Crippen MR) is 108 cm³/mol. The van der Waals surface area contributed by atoms with Crippen LogP contribution in [0.25, 0.3) is 0 Å². The average Bonchev–Trinajstić information content (AvgIpc) is 3.05. The quantitative estimate of drug-likeness (QED) is 0.624. The highest BCUT2D eigenvalue weighted by molar-refractivity contribution is 7.91. The van der Waals surface area contributed by atoms with Crippen molar-refractivity contribution in [2.75, 3.05) is 18.1 Å². The lowest BCUT2D eigenvalue weighted by molar-refractivity contribution is -0.134. The minimum atomic E-state index is -3.20. The first-order valence-electron chi connectivity index (χ1n) is 9.54. The van der Waals surface area contributed by atoms with Gasteiger partial charge < -0.3 is 4.74 Å². The highest BCUT2D eigenvalue weighted by atomic mass is 32.2. The number of carbonyl (C=O) groups is 3. The predicted octanol–water partition coefficient (Wildman–Crippen LogP) is -0.00486. The minimum absolute atomic E-state index is 0.00504. The van der Waals surface area contributed by atoms with Gasteiger partial charge in [-0.15, -0.1) is 0 Å². The Balaban J connectivity index is 1.54. The Hall–Kier alpha value is -2.95. The molecule has 3 rings (SSSR count). The molecule has 1 aromatic rings. The van der Waals surface area contributed by atoms with Crippen LogP contribution in [-0.2, 0) is 24.2 Å². The first-order valence-corrected chi connectivity index (χ1v) is 11.4. The summed E-state index contributed by atoms with van der Waals surface area (Å²) in [5, 5.41) is 5.14. The summed E-state index contributed by atoms with van der Waals surface area (Å²) in [6.07, 6.45) is 0.445. The Kier molecular flexibility index (Phi) is 6.40. The van der Waals surface area contributed by atoms with Crippen LogP contribution in [0.2, 0.25) is 0 Å². The van der Waals surface area contributed by atoms with Crippen LogP contribution in [-0.4, -0.2) is 61.0 Å². The fraction of sp³-hybridized carbons (Fsp3) is 0.474. The highest BCUT2D eigenvalue weighted by Crippen LogP contribution is 2.23. The lowest BCUT2D eigenvalue weighted by Crippen LogP contribution is -2.49. The van der Waals surface area contributed by atoms with Crippen LogP contribution < -0.4 is 15.6 Å². The molecule has 3 amide bonds. The molecule has 0 spiro atoms. The van der Waals surface area contributed by atoms with Gasteiger partial charge in [0.25, 0.3) is 11.8 Å². The topological polar surface area (TPSA) is 134 Å². The normalized spacial score (nSPS) is 20.5. The Bertz CT molecular complexity index is 984. The van der Waals surface area contributed by atoms with Gasteiger partial charge in [-0.25, -0.2) is 13.4 Å². The standard InChI is InChI=1S/C19H24N4O6S/c1-12-4-3-5-13(2)18(12)29-10-16(24)20-21-19(26)15-6-7-17(25)23(22-15)14-8-9-30(27,28)11-14/h3-5,14H,6-11H2,1-2H3,(H,20,24)(H,21,26)/t14-/m0/s1. The molecule has 162 valence electrons. The molecule has 2 N–H and O–H groups in total. The van der Waals surface area contributed by atoms with Crippen molar-refractivity contribution in [3.63, 3.8) is 0 Å². The molecule has 2 aliphatic rings. The van der Waals surface area contributed by atoms with Crippen LogP contribution in [0.3, 0.4) is 0 Å². The second kappa shape index (κ2) is 8.82. The molecule has 0 radical (unpaired) electrons. The Labute approximate surface area is 174 Å². The number of para-hydroxylation sites is 1. The number of rotatable bonds is 5. The third kappa shape index (κ3) is 5.15. The molecule has 0 aliphatic carbocycles. The van der Waals surface area contributed by atoms with Gasteiger partial charge in [0.05, 0.1) is 17.5 Å². The largest absolute Gasteiger partial charge is 0.483 e. The van der Waals surface area contributed by atoms with Gasteiger partial charge in [0, 0.05) is 12.8 Å². The zero-order valence-electron chi connectivity index (χ0n) is 16.8. The van der Waals surface area contributed by atoms with E-state index in [-0.39, 0.29) is 42.6 Å². The lowest BCUT2D eigenvalue weighted by atomic mass is 10.1. The molecular formula is C19H24N4O6S. The molecular weight excluding hydrogens is 412 g/mol. The van der Waals surface area contributed by atoms with E-state index in [1.54, 1.807) is 0 Å². The number of amides is 3. The van der Waals surface area contributed by atoms with E-state index in [0.29, 0.717) is 12.2 Å². The third-order valence-corrected chi connectivity index (χ3v) is 6.70. The van der Waals surface area contributed by atoms with Crippen molar-refractivity contribution in [1.29, 1.82) is 0 Å². The monoisotopic (exact) mass is 436 g/mol. The van der Waals surface area contributed by atoms with Crippen molar-refractivity contribution in [2.24, 2.45) is 5.10 Å². The van der Waals surface area contributed by atoms with E-state index in [9.17, 15) is 22.8 Å². The smallest absolute Gasteiger partial charge is 0.285 e. The van der Waals surface area contributed by atoms with E-state index < -0.39 is 27.7 Å². The van der Waals surface area contributed by atoms with Crippen LogP contribution in [0.5, 0.6) is 5.75 Å². The number of ether oxygens (including phenoxy) is 1. The van der Waals surface area contributed by atoms with E-state index in [1.165, 1.54) is 0 Å². The number of sulfone groups is 1. The second-order valence-corrected chi connectivity index (χ2v) is 9.58. The van der Waals surface area contributed by atoms with Gasteiger partial charge in [0.2, 0.25) is 5.91 Å². The summed E-state index contributed by atoms with van der Waals surface area (Å²) in [5.41, 5.74) is 6.34. The maximum Gasteiger partial charge on any atom is 0.285 e. The number of nitrogens with zero attached hydrogens (tertiary/aromatic N) is 2. The maximum absolute atomic E-state index is 12.3. The van der Waals surface area contributed by atoms with Gasteiger partial charge in [-0.1, -0.05) is 18.2 Å². The zero-order chi connectivity index (χ0) is 21.9. The van der Waals surface area contributed by atoms with Gasteiger partial charge in [-0.05, 0) is 31.4 Å². The summed E-state index contributed by atoms with van der Waals surface area (Å²) in [7, 11) is -3.20. The van der Waals surface area contributed by atoms with E-state index in [0.717, 1.165) is 16.1 Å². The van der Waals surface area contributed by atoms with Gasteiger partial charge in [-0.3, -0.25) is 25.2 Å². The van der Waals surface area contributed by atoms with E-state index >= 15 is 0 Å². The van der Waals surface area contributed by atoms with E-state index in [2.05, 4.69) is 16.0 Å². The Morgan fingerprint density at radius 2 is 1.90 bits per heavy atom. The molecule has 30 heavy (non-hydrogen) atoms. The fourth-order valence-electron chi connectivity index (χ4n) is 3.39. The molecule has 2 aliphatic heterocycles. The van der Waals surface area contributed by atoms with Crippen molar-refractivity contribution in [1.82, 2.24) is 15.9 Å². The molecule has 2 heterocycles. The number of carbonyl (C=O) groups excluding carboxylic acids is 3. The molecule has 1 atom stereocenters. The summed E-state index contributed by atoms with van der Waals surface area (Å²) in [6.45, 7) is 3.45. The fourth-order valence-corrected chi connectivity index (χ4v) is 5.08. The van der Waals surface area contributed by atoms with Gasteiger partial charge in [-0.2, -0.15) is 5.10 Å². The molecule has 0 bridgehead atoms. The number of aryl methyl sites for hydroxylation is 2. The molecule has 0 saturated carbocycles. The summed E-state index contributed by atoms with van der Waals surface area (Å²) in [5.74, 6) is -1.10. The average molecular weight is 436 g/mol. The van der Waals surface area contributed by atoms with Crippen molar-refractivity contribution in [2.45, 2.75) is 39.2 Å². The van der Waals surface area contributed by atoms with Crippen LogP contribution in [0.15, 0.2) is 23.3 Å².